The largest absolute Gasteiger partial charge is 0.355 e. The Hall–Kier alpha value is -1.58. The second-order valence-electron chi connectivity index (χ2n) is 5.48. The topological polar surface area (TPSA) is 42.0 Å². The van der Waals surface area contributed by atoms with Gasteiger partial charge in [0.05, 0.1) is 10.0 Å². The van der Waals surface area contributed by atoms with Gasteiger partial charge in [0.15, 0.2) is 0 Å². The molecule has 0 spiro atoms. The molecule has 1 aliphatic carbocycles. The van der Waals surface area contributed by atoms with Crippen molar-refractivity contribution in [3.8, 4) is 0 Å². The smallest absolute Gasteiger partial charge is 0.223 e. The van der Waals surface area contributed by atoms with Gasteiger partial charge in [-0.15, -0.1) is 0 Å². The van der Waals surface area contributed by atoms with Gasteiger partial charge in [-0.3, -0.25) is 9.78 Å². The van der Waals surface area contributed by atoms with E-state index in [0.717, 1.165) is 24.1 Å². The van der Waals surface area contributed by atoms with E-state index in [0.29, 0.717) is 16.6 Å². The summed E-state index contributed by atoms with van der Waals surface area (Å²) in [6.45, 7) is 0.612. The third kappa shape index (κ3) is 3.60. The molecule has 0 saturated heterocycles. The van der Waals surface area contributed by atoms with Crippen molar-refractivity contribution in [1.82, 2.24) is 10.3 Å². The van der Waals surface area contributed by atoms with Crippen LogP contribution in [0.2, 0.25) is 10.0 Å². The van der Waals surface area contributed by atoms with Gasteiger partial charge in [0.2, 0.25) is 5.91 Å². The van der Waals surface area contributed by atoms with E-state index in [1.165, 1.54) is 0 Å². The first-order chi connectivity index (χ1) is 10.6. The molecule has 0 aliphatic heterocycles. The van der Waals surface area contributed by atoms with E-state index in [1.54, 1.807) is 12.3 Å². The molecule has 3 rings (SSSR count). The number of amides is 1. The van der Waals surface area contributed by atoms with Crippen LogP contribution in [-0.4, -0.2) is 17.4 Å². The molecule has 1 fully saturated rings. The van der Waals surface area contributed by atoms with E-state index >= 15 is 0 Å². The van der Waals surface area contributed by atoms with Gasteiger partial charge in [-0.1, -0.05) is 35.3 Å². The molecule has 5 heteroatoms. The summed E-state index contributed by atoms with van der Waals surface area (Å²) in [5, 5.41) is 4.07. The van der Waals surface area contributed by atoms with Crippen molar-refractivity contribution >= 4 is 29.1 Å². The third-order valence-electron chi connectivity index (χ3n) is 3.91. The maximum atomic E-state index is 12.1. The highest BCUT2D eigenvalue weighted by molar-refractivity contribution is 6.42. The second-order valence-corrected chi connectivity index (χ2v) is 6.30. The fourth-order valence-corrected chi connectivity index (χ4v) is 2.89. The van der Waals surface area contributed by atoms with Gasteiger partial charge in [-0.2, -0.15) is 0 Å². The number of rotatable bonds is 5. The van der Waals surface area contributed by atoms with Crippen molar-refractivity contribution in [2.75, 3.05) is 6.54 Å². The minimum absolute atomic E-state index is 0.0426. The van der Waals surface area contributed by atoms with Crippen molar-refractivity contribution in [1.29, 1.82) is 0 Å². The van der Waals surface area contributed by atoms with E-state index in [9.17, 15) is 4.79 Å². The summed E-state index contributed by atoms with van der Waals surface area (Å²) < 4.78 is 0. The first kappa shape index (κ1) is 15.3. The lowest BCUT2D eigenvalue weighted by Crippen LogP contribution is -2.27. The Morgan fingerprint density at radius 3 is 2.82 bits per heavy atom. The first-order valence-electron chi connectivity index (χ1n) is 7.27. The number of nitrogens with one attached hydrogen (secondary N) is 1. The number of halogens is 2. The van der Waals surface area contributed by atoms with Gasteiger partial charge in [0, 0.05) is 30.8 Å². The van der Waals surface area contributed by atoms with Gasteiger partial charge in [-0.05, 0) is 42.2 Å². The van der Waals surface area contributed by atoms with Crippen LogP contribution in [0.3, 0.4) is 0 Å². The van der Waals surface area contributed by atoms with Gasteiger partial charge in [0.25, 0.3) is 0 Å². The molecule has 22 heavy (non-hydrogen) atoms. The van der Waals surface area contributed by atoms with Crippen molar-refractivity contribution in [2.45, 2.75) is 18.8 Å². The second kappa shape index (κ2) is 6.67. The standard InChI is InChI=1S/C17H16Cl2N2O/c18-15-5-4-11(9-16(15)19)13-10-14(13)17(22)21-8-6-12-3-1-2-7-20-12/h1-5,7,9,13-14H,6,8,10H2,(H,21,22). The van der Waals surface area contributed by atoms with E-state index in [2.05, 4.69) is 10.3 Å². The Labute approximate surface area is 139 Å². The maximum absolute atomic E-state index is 12.1. The monoisotopic (exact) mass is 334 g/mol. The van der Waals surface area contributed by atoms with Crippen LogP contribution in [0.4, 0.5) is 0 Å². The number of carbonyl (C=O) groups is 1. The number of pyridine rings is 1. The van der Waals surface area contributed by atoms with Crippen LogP contribution in [-0.2, 0) is 11.2 Å². The minimum atomic E-state index is 0.0426. The normalized spacial score (nSPS) is 19.7. The van der Waals surface area contributed by atoms with E-state index < -0.39 is 0 Å². The van der Waals surface area contributed by atoms with E-state index in [1.807, 2.05) is 30.3 Å². The van der Waals surface area contributed by atoms with Crippen LogP contribution in [0.15, 0.2) is 42.6 Å². The Morgan fingerprint density at radius 1 is 1.23 bits per heavy atom. The van der Waals surface area contributed by atoms with Crippen molar-refractivity contribution in [3.05, 3.63) is 63.9 Å². The molecule has 1 amide bonds. The van der Waals surface area contributed by atoms with Crippen LogP contribution in [0.5, 0.6) is 0 Å². The average Bonchev–Trinajstić information content (AvgIpc) is 3.32. The van der Waals surface area contributed by atoms with Crippen molar-refractivity contribution < 1.29 is 4.79 Å². The summed E-state index contributed by atoms with van der Waals surface area (Å²) in [4.78, 5) is 16.4. The zero-order valence-corrected chi connectivity index (χ0v) is 13.4. The summed E-state index contributed by atoms with van der Waals surface area (Å²) in [5.74, 6) is 0.401. The Kier molecular flexibility index (Phi) is 4.65. The molecule has 2 atom stereocenters. The summed E-state index contributed by atoms with van der Waals surface area (Å²) in [6.07, 6.45) is 3.38. The van der Waals surface area contributed by atoms with Crippen LogP contribution in [0.25, 0.3) is 0 Å². The molecule has 1 saturated carbocycles. The maximum Gasteiger partial charge on any atom is 0.223 e. The van der Waals surface area contributed by atoms with Crippen LogP contribution < -0.4 is 5.32 Å². The highest BCUT2D eigenvalue weighted by Crippen LogP contribution is 2.48. The number of nitrogens with zero attached hydrogens (tertiary/aromatic N) is 1. The summed E-state index contributed by atoms with van der Waals surface area (Å²) in [7, 11) is 0. The number of carbonyl (C=O) groups excluding carboxylic acids is 1. The SMILES string of the molecule is O=C(NCCc1ccccn1)C1CC1c1ccc(Cl)c(Cl)c1. The van der Waals surface area contributed by atoms with Crippen LogP contribution in [0.1, 0.15) is 23.6 Å². The van der Waals surface area contributed by atoms with Crippen molar-refractivity contribution in [3.63, 3.8) is 0 Å². The predicted molar refractivity (Wildman–Crippen MR) is 88.3 cm³/mol. The number of hydrogen-bond acceptors (Lipinski definition) is 2. The summed E-state index contributed by atoms with van der Waals surface area (Å²) in [6, 6.07) is 11.4. The van der Waals surface area contributed by atoms with Gasteiger partial charge < -0.3 is 5.32 Å². The van der Waals surface area contributed by atoms with Crippen LogP contribution >= 0.6 is 23.2 Å². The molecule has 1 aromatic heterocycles. The van der Waals surface area contributed by atoms with Crippen molar-refractivity contribution in [2.24, 2.45) is 5.92 Å². The number of aromatic nitrogens is 1. The zero-order valence-electron chi connectivity index (χ0n) is 11.9. The van der Waals surface area contributed by atoms with Gasteiger partial charge >= 0.3 is 0 Å². The lowest BCUT2D eigenvalue weighted by molar-refractivity contribution is -0.122. The van der Waals surface area contributed by atoms with Gasteiger partial charge in [-0.25, -0.2) is 0 Å². The minimum Gasteiger partial charge on any atom is -0.355 e. The fourth-order valence-electron chi connectivity index (χ4n) is 2.59. The molecule has 114 valence electrons. The van der Waals surface area contributed by atoms with Crippen LogP contribution in [0, 0.1) is 5.92 Å². The average molecular weight is 335 g/mol. The highest BCUT2D eigenvalue weighted by Gasteiger charge is 2.43. The quantitative estimate of drug-likeness (QED) is 0.902. The lowest BCUT2D eigenvalue weighted by Gasteiger charge is -2.05. The summed E-state index contributed by atoms with van der Waals surface area (Å²) in [5.41, 5.74) is 2.07. The van der Waals surface area contributed by atoms with E-state index in [4.69, 9.17) is 23.2 Å². The molecular formula is C17H16Cl2N2O. The Morgan fingerprint density at radius 2 is 2.09 bits per heavy atom. The molecule has 1 heterocycles. The summed E-state index contributed by atoms with van der Waals surface area (Å²) >= 11 is 11.9. The van der Waals surface area contributed by atoms with E-state index in [-0.39, 0.29) is 17.7 Å². The molecule has 0 bridgehead atoms. The third-order valence-corrected chi connectivity index (χ3v) is 4.64. The number of hydrogen-bond donors (Lipinski definition) is 1. The highest BCUT2D eigenvalue weighted by atomic mass is 35.5. The Bertz CT molecular complexity index is 676. The Balaban J connectivity index is 1.49. The number of benzene rings is 1. The molecule has 1 aliphatic rings. The van der Waals surface area contributed by atoms with Gasteiger partial charge in [0.1, 0.15) is 0 Å². The molecule has 2 aromatic rings. The first-order valence-corrected chi connectivity index (χ1v) is 8.03. The molecule has 1 aromatic carbocycles. The molecule has 2 unspecified atom stereocenters. The lowest BCUT2D eigenvalue weighted by atomic mass is 10.1. The predicted octanol–water partition coefficient (Wildman–Crippen LogP) is 3.85. The molecule has 1 N–H and O–H groups in total. The molecular weight excluding hydrogens is 319 g/mol. The zero-order chi connectivity index (χ0) is 15.5. The molecule has 3 nitrogen and oxygen atoms in total. The molecule has 0 radical (unpaired) electrons. The fraction of sp³-hybridized carbons (Fsp3) is 0.294.